The summed E-state index contributed by atoms with van der Waals surface area (Å²) in [5, 5.41) is 11.2. The zero-order valence-corrected chi connectivity index (χ0v) is 17.0. The van der Waals surface area contributed by atoms with Gasteiger partial charge in [0.1, 0.15) is 5.56 Å². The summed E-state index contributed by atoms with van der Waals surface area (Å²) >= 11 is 0. The van der Waals surface area contributed by atoms with Crippen LogP contribution in [-0.4, -0.2) is 53.5 Å². The minimum absolute atomic E-state index is 0.167. The molecule has 0 radical (unpaired) electrons. The van der Waals surface area contributed by atoms with Crippen LogP contribution in [0, 0.1) is 11.8 Å². The van der Waals surface area contributed by atoms with Gasteiger partial charge in [-0.2, -0.15) is 5.10 Å². The largest absolute Gasteiger partial charge is 0.381 e. The molecule has 8 nitrogen and oxygen atoms in total. The van der Waals surface area contributed by atoms with E-state index >= 15 is 0 Å². The minimum Gasteiger partial charge on any atom is -0.381 e. The predicted molar refractivity (Wildman–Crippen MR) is 112 cm³/mol. The first kappa shape index (κ1) is 19.2. The molecule has 2 aromatic rings. The Labute approximate surface area is 175 Å². The highest BCUT2D eigenvalue weighted by molar-refractivity contribution is 5.93. The molecule has 2 bridgehead atoms. The molecular formula is C22H27N5O3. The Balaban J connectivity index is 1.33. The van der Waals surface area contributed by atoms with E-state index in [9.17, 15) is 9.59 Å². The molecule has 30 heavy (non-hydrogen) atoms. The highest BCUT2D eigenvalue weighted by Crippen LogP contribution is 2.36. The molecule has 1 amide bonds. The number of piperidine rings is 1. The third kappa shape index (κ3) is 3.71. The van der Waals surface area contributed by atoms with Gasteiger partial charge < -0.3 is 19.5 Å². The van der Waals surface area contributed by atoms with Gasteiger partial charge in [-0.1, -0.05) is 0 Å². The third-order valence-corrected chi connectivity index (χ3v) is 6.62. The van der Waals surface area contributed by atoms with Crippen molar-refractivity contribution < 1.29 is 9.53 Å². The van der Waals surface area contributed by atoms with Crippen LogP contribution in [0.3, 0.4) is 0 Å². The van der Waals surface area contributed by atoms with Crippen molar-refractivity contribution in [3.05, 3.63) is 52.1 Å². The molecule has 1 N–H and O–H groups in total. The van der Waals surface area contributed by atoms with E-state index in [0.717, 1.165) is 57.1 Å². The number of rotatable bonds is 4. The number of carbonyl (C=O) groups excluding carboxylic acids is 1. The molecule has 8 heteroatoms. The minimum atomic E-state index is -0.265. The normalized spacial score (nSPS) is 23.7. The van der Waals surface area contributed by atoms with Gasteiger partial charge in [0.2, 0.25) is 0 Å². The van der Waals surface area contributed by atoms with E-state index in [4.69, 9.17) is 4.74 Å². The standard InChI is InChI=1S/C22H27N5O3/c28-21(23-11-15-5-8-30-9-6-15)18-3-4-19-17-10-16(13-27(19)22(18)29)12-26(14-17)20-2-1-7-24-25-20/h1-4,7,15-17H,5-6,8-14H2,(H,23,28)/t16-,17+/m0/s1. The van der Waals surface area contributed by atoms with E-state index in [1.807, 2.05) is 22.8 Å². The van der Waals surface area contributed by atoms with Crippen LogP contribution < -0.4 is 15.8 Å². The lowest BCUT2D eigenvalue weighted by Gasteiger charge is -2.43. The van der Waals surface area contributed by atoms with Crippen molar-refractivity contribution in [2.45, 2.75) is 31.7 Å². The summed E-state index contributed by atoms with van der Waals surface area (Å²) in [6, 6.07) is 7.55. The number of hydrogen-bond donors (Lipinski definition) is 1. The van der Waals surface area contributed by atoms with E-state index < -0.39 is 0 Å². The van der Waals surface area contributed by atoms with E-state index in [1.165, 1.54) is 0 Å². The Morgan fingerprint density at radius 3 is 2.83 bits per heavy atom. The van der Waals surface area contributed by atoms with Crippen molar-refractivity contribution in [1.82, 2.24) is 20.1 Å². The molecule has 0 saturated carbocycles. The number of nitrogens with zero attached hydrogens (tertiary/aromatic N) is 4. The van der Waals surface area contributed by atoms with Crippen molar-refractivity contribution >= 4 is 11.7 Å². The monoisotopic (exact) mass is 409 g/mol. The van der Waals surface area contributed by atoms with Gasteiger partial charge in [0.25, 0.3) is 11.5 Å². The molecule has 5 rings (SSSR count). The lowest BCUT2D eigenvalue weighted by atomic mass is 9.83. The molecule has 0 unspecified atom stereocenters. The smallest absolute Gasteiger partial charge is 0.263 e. The number of amides is 1. The Kier molecular flexibility index (Phi) is 5.25. The second-order valence-electron chi connectivity index (χ2n) is 8.64. The first-order valence-electron chi connectivity index (χ1n) is 10.8. The molecule has 0 aromatic carbocycles. The molecule has 3 aliphatic heterocycles. The zero-order valence-electron chi connectivity index (χ0n) is 17.0. The van der Waals surface area contributed by atoms with Gasteiger partial charge in [0, 0.05) is 57.2 Å². The number of aromatic nitrogens is 3. The lowest BCUT2D eigenvalue weighted by molar-refractivity contribution is 0.0642. The van der Waals surface area contributed by atoms with Crippen molar-refractivity contribution in [2.75, 3.05) is 37.7 Å². The molecule has 2 atom stereocenters. The maximum atomic E-state index is 13.1. The lowest BCUT2D eigenvalue weighted by Crippen LogP contribution is -2.48. The number of carbonyl (C=O) groups is 1. The number of anilines is 1. The second kappa shape index (κ2) is 8.18. The van der Waals surface area contributed by atoms with Gasteiger partial charge in [0.05, 0.1) is 0 Å². The van der Waals surface area contributed by atoms with Crippen LogP contribution in [-0.2, 0) is 11.3 Å². The molecule has 0 spiro atoms. The SMILES string of the molecule is O=C(NCC1CCOCC1)c1ccc2n(c1=O)C[C@H]1C[C@@H]2CN(c2cccnn2)C1. The van der Waals surface area contributed by atoms with Crippen LogP contribution in [0.2, 0.25) is 0 Å². The summed E-state index contributed by atoms with van der Waals surface area (Å²) in [5.41, 5.74) is 1.10. The predicted octanol–water partition coefficient (Wildman–Crippen LogP) is 1.42. The molecule has 2 fully saturated rings. The van der Waals surface area contributed by atoms with Crippen LogP contribution in [0.1, 0.15) is 41.2 Å². The average Bonchev–Trinajstić information content (AvgIpc) is 2.79. The van der Waals surface area contributed by atoms with Crippen LogP contribution >= 0.6 is 0 Å². The van der Waals surface area contributed by atoms with Gasteiger partial charge >= 0.3 is 0 Å². The number of nitrogens with one attached hydrogen (secondary N) is 1. The highest BCUT2D eigenvalue weighted by atomic mass is 16.5. The van der Waals surface area contributed by atoms with Gasteiger partial charge in [-0.25, -0.2) is 0 Å². The topological polar surface area (TPSA) is 89.4 Å². The Morgan fingerprint density at radius 1 is 1.17 bits per heavy atom. The number of fused-ring (bicyclic) bond motifs is 4. The summed E-state index contributed by atoms with van der Waals surface area (Å²) in [4.78, 5) is 28.1. The van der Waals surface area contributed by atoms with Gasteiger partial charge in [0.15, 0.2) is 5.82 Å². The number of hydrogen-bond acceptors (Lipinski definition) is 6. The van der Waals surface area contributed by atoms with Crippen molar-refractivity contribution in [3.8, 4) is 0 Å². The van der Waals surface area contributed by atoms with Gasteiger partial charge in [-0.15, -0.1) is 5.10 Å². The second-order valence-corrected chi connectivity index (χ2v) is 8.64. The van der Waals surface area contributed by atoms with E-state index in [-0.39, 0.29) is 22.9 Å². The molecule has 5 heterocycles. The molecule has 2 saturated heterocycles. The van der Waals surface area contributed by atoms with E-state index in [0.29, 0.717) is 24.9 Å². The summed E-state index contributed by atoms with van der Waals surface area (Å²) in [6.45, 7) is 4.39. The number of ether oxygens (including phenoxy) is 1. The van der Waals surface area contributed by atoms with Crippen molar-refractivity contribution in [1.29, 1.82) is 0 Å². The summed E-state index contributed by atoms with van der Waals surface area (Å²) < 4.78 is 7.20. The van der Waals surface area contributed by atoms with Crippen LogP contribution in [0.15, 0.2) is 35.3 Å². The number of pyridine rings is 1. The quantitative estimate of drug-likeness (QED) is 0.822. The fourth-order valence-electron chi connectivity index (χ4n) is 5.05. The summed E-state index contributed by atoms with van der Waals surface area (Å²) in [5.74, 6) is 1.66. The van der Waals surface area contributed by atoms with Crippen molar-refractivity contribution in [3.63, 3.8) is 0 Å². The van der Waals surface area contributed by atoms with Gasteiger partial charge in [-0.3, -0.25) is 9.59 Å². The summed E-state index contributed by atoms with van der Waals surface area (Å²) in [7, 11) is 0. The Bertz CT molecular complexity index is 970. The van der Waals surface area contributed by atoms with Crippen molar-refractivity contribution in [2.24, 2.45) is 11.8 Å². The molecule has 3 aliphatic rings. The summed E-state index contributed by atoms with van der Waals surface area (Å²) in [6.07, 6.45) is 4.65. The van der Waals surface area contributed by atoms with Crippen LogP contribution in [0.25, 0.3) is 0 Å². The van der Waals surface area contributed by atoms with Gasteiger partial charge in [-0.05, 0) is 55.4 Å². The maximum Gasteiger partial charge on any atom is 0.263 e. The average molecular weight is 409 g/mol. The third-order valence-electron chi connectivity index (χ3n) is 6.62. The van der Waals surface area contributed by atoms with E-state index in [2.05, 4.69) is 20.4 Å². The first-order valence-corrected chi connectivity index (χ1v) is 10.8. The Hall–Kier alpha value is -2.74. The molecular weight excluding hydrogens is 382 g/mol. The molecule has 2 aromatic heterocycles. The van der Waals surface area contributed by atoms with Crippen LogP contribution in [0.4, 0.5) is 5.82 Å². The van der Waals surface area contributed by atoms with E-state index in [1.54, 1.807) is 12.3 Å². The molecule has 0 aliphatic carbocycles. The molecule has 158 valence electrons. The maximum absolute atomic E-state index is 13.1. The fourth-order valence-corrected chi connectivity index (χ4v) is 5.05. The Morgan fingerprint density at radius 2 is 2.03 bits per heavy atom. The highest BCUT2D eigenvalue weighted by Gasteiger charge is 2.36. The fraction of sp³-hybridized carbons (Fsp3) is 0.545. The zero-order chi connectivity index (χ0) is 20.5. The first-order chi connectivity index (χ1) is 14.7. The van der Waals surface area contributed by atoms with Crippen LogP contribution in [0.5, 0.6) is 0 Å².